The van der Waals surface area contributed by atoms with Crippen LogP contribution >= 0.6 is 0 Å². The predicted octanol–water partition coefficient (Wildman–Crippen LogP) is 4.64. The van der Waals surface area contributed by atoms with E-state index in [0.29, 0.717) is 40.5 Å². The number of nitrogens with zero attached hydrogens (tertiary/aromatic N) is 8. The number of hydrogen-bond acceptors (Lipinski definition) is 11. The van der Waals surface area contributed by atoms with Crippen molar-refractivity contribution < 1.29 is 28.7 Å². The predicted molar refractivity (Wildman–Crippen MR) is 211 cm³/mol. The van der Waals surface area contributed by atoms with E-state index < -0.39 is 29.7 Å². The quantitative estimate of drug-likeness (QED) is 0.228. The van der Waals surface area contributed by atoms with E-state index in [0.717, 1.165) is 66.7 Å². The van der Waals surface area contributed by atoms with E-state index in [1.165, 1.54) is 0 Å². The number of carbonyl (C=O) groups excluding carboxylic acids is 5. The Morgan fingerprint density at radius 3 is 2.51 bits per heavy atom. The second kappa shape index (κ2) is 14.2. The van der Waals surface area contributed by atoms with Gasteiger partial charge in [0.05, 0.1) is 46.7 Å². The number of amides is 5. The zero-order valence-corrected chi connectivity index (χ0v) is 32.5. The molecule has 3 fully saturated rings. The summed E-state index contributed by atoms with van der Waals surface area (Å²) in [7, 11) is 2.19. The molecule has 2 aromatic heterocycles. The Bertz CT molecular complexity index is 2350. The fourth-order valence-electron chi connectivity index (χ4n) is 8.86. The van der Waals surface area contributed by atoms with Gasteiger partial charge in [0.25, 0.3) is 17.7 Å². The van der Waals surface area contributed by atoms with Crippen LogP contribution in [0.2, 0.25) is 0 Å². The summed E-state index contributed by atoms with van der Waals surface area (Å²) in [5, 5.41) is 15.6. The zero-order chi connectivity index (χ0) is 39.7. The van der Waals surface area contributed by atoms with Crippen molar-refractivity contribution in [2.45, 2.75) is 102 Å². The van der Waals surface area contributed by atoms with Crippen molar-refractivity contribution in [3.63, 3.8) is 0 Å². The average Bonchev–Trinajstić information content (AvgIpc) is 3.86. The number of ether oxygens (including phenoxy) is 1. The summed E-state index contributed by atoms with van der Waals surface area (Å²) in [5.74, 6) is -1.18. The van der Waals surface area contributed by atoms with Crippen LogP contribution in [0.25, 0.3) is 10.9 Å². The van der Waals surface area contributed by atoms with Gasteiger partial charge in [-0.1, -0.05) is 0 Å². The molecule has 16 nitrogen and oxygen atoms in total. The minimum absolute atomic E-state index is 0.0872. The maximum Gasteiger partial charge on any atom is 0.262 e. The molecule has 296 valence electrons. The highest BCUT2D eigenvalue weighted by Crippen LogP contribution is 2.38. The van der Waals surface area contributed by atoms with Gasteiger partial charge in [0.2, 0.25) is 11.8 Å². The first-order valence-electron chi connectivity index (χ1n) is 19.9. The summed E-state index contributed by atoms with van der Waals surface area (Å²) in [4.78, 5) is 74.2. The van der Waals surface area contributed by atoms with Gasteiger partial charge in [-0.05, 0) is 84.2 Å². The van der Waals surface area contributed by atoms with Gasteiger partial charge in [0.15, 0.2) is 5.82 Å². The van der Waals surface area contributed by atoms with Crippen LogP contribution < -0.4 is 20.3 Å². The number of aromatic nitrogens is 4. The highest BCUT2D eigenvalue weighted by Gasteiger charge is 2.45. The van der Waals surface area contributed by atoms with Gasteiger partial charge < -0.3 is 15.0 Å². The first-order chi connectivity index (χ1) is 27.4. The molecule has 5 amide bonds. The molecule has 0 spiro atoms. The van der Waals surface area contributed by atoms with Gasteiger partial charge >= 0.3 is 0 Å². The minimum Gasteiger partial charge on any atom is -0.489 e. The fourth-order valence-corrected chi connectivity index (χ4v) is 8.86. The number of nitrogens with one attached hydrogen (secondary N) is 2. The number of fused-ring (bicyclic) bond motifs is 3. The molecule has 2 N–H and O–H groups in total. The van der Waals surface area contributed by atoms with Crippen molar-refractivity contribution in [2.24, 2.45) is 4.99 Å². The number of piperidine rings is 1. The topological polar surface area (TPSA) is 176 Å². The lowest BCUT2D eigenvalue weighted by molar-refractivity contribution is -0.136. The smallest absolute Gasteiger partial charge is 0.262 e. The van der Waals surface area contributed by atoms with Crippen LogP contribution in [0.3, 0.4) is 0 Å². The fraction of sp³-hybridized carbons (Fsp3) is 0.463. The average molecular weight is 775 g/mol. The standard InChI is InChI=1S/C41H46N10O6/c1-22(2)57-35-17-32-24(15-33(35)44-38(53)31-18-43-51-23(3)13-14-42-37(31)51)19-49(46-32)26-7-5-25(6-8-26)47(4)28-20-48(21-28)27-9-10-29-30(16-27)41(56)50(40(29)55)34-11-12-36(52)45-39(34)54/h9-10,14-19,22-23,25-26,28,34H,5-8,11-13,20-21H2,1-4H3,(H,44,53)(H,45,52,54). The van der Waals surface area contributed by atoms with Crippen LogP contribution in [0.4, 0.5) is 17.2 Å². The van der Waals surface area contributed by atoms with Crippen molar-refractivity contribution >= 4 is 63.8 Å². The lowest BCUT2D eigenvalue weighted by Gasteiger charge is -2.49. The van der Waals surface area contributed by atoms with Crippen molar-refractivity contribution in [2.75, 3.05) is 30.4 Å². The minimum atomic E-state index is -0.980. The van der Waals surface area contributed by atoms with Crippen LogP contribution in [0, 0.1) is 0 Å². The second-order valence-electron chi connectivity index (χ2n) is 16.2. The van der Waals surface area contributed by atoms with Crippen LogP contribution in [-0.4, -0.2) is 109 Å². The summed E-state index contributed by atoms with van der Waals surface area (Å²) in [6, 6.07) is 9.30. The highest BCUT2D eigenvalue weighted by molar-refractivity contribution is 6.23. The number of benzene rings is 2. The third-order valence-electron chi connectivity index (χ3n) is 12.2. The Morgan fingerprint density at radius 2 is 1.75 bits per heavy atom. The van der Waals surface area contributed by atoms with Crippen LogP contribution in [0.1, 0.15) is 109 Å². The van der Waals surface area contributed by atoms with Gasteiger partial charge in [-0.15, -0.1) is 0 Å². The molecule has 1 saturated carbocycles. The number of aliphatic imine (C=N–C) groups is 1. The monoisotopic (exact) mass is 774 g/mol. The van der Waals surface area contributed by atoms with E-state index in [-0.39, 0.29) is 42.5 Å². The van der Waals surface area contributed by atoms with E-state index in [9.17, 15) is 24.0 Å². The van der Waals surface area contributed by atoms with E-state index in [2.05, 4.69) is 48.5 Å². The molecule has 2 unspecified atom stereocenters. The molecule has 9 rings (SSSR count). The Balaban J connectivity index is 0.821. The lowest BCUT2D eigenvalue weighted by Crippen LogP contribution is -2.61. The van der Waals surface area contributed by atoms with Crippen LogP contribution in [-0.2, 0) is 9.59 Å². The van der Waals surface area contributed by atoms with Gasteiger partial charge in [-0.25, -0.2) is 9.67 Å². The number of likely N-dealkylation sites (N-methyl/N-ethyl adjacent to an activating group) is 1. The normalized spacial score (nSPS) is 23.6. The lowest BCUT2D eigenvalue weighted by atomic mass is 9.89. The number of carbonyl (C=O) groups is 5. The van der Waals surface area contributed by atoms with E-state index in [1.807, 2.05) is 45.2 Å². The van der Waals surface area contributed by atoms with Crippen molar-refractivity contribution in [1.29, 1.82) is 0 Å². The molecule has 16 heteroatoms. The first kappa shape index (κ1) is 36.7. The molecular weight excluding hydrogens is 729 g/mol. The third-order valence-corrected chi connectivity index (χ3v) is 12.2. The van der Waals surface area contributed by atoms with Crippen molar-refractivity contribution in [3.05, 3.63) is 59.4 Å². The van der Waals surface area contributed by atoms with Gasteiger partial charge in [0.1, 0.15) is 17.4 Å². The molecule has 6 heterocycles. The number of imide groups is 2. The maximum absolute atomic E-state index is 13.5. The zero-order valence-electron chi connectivity index (χ0n) is 32.5. The largest absolute Gasteiger partial charge is 0.489 e. The van der Waals surface area contributed by atoms with Crippen molar-refractivity contribution in [3.8, 4) is 5.75 Å². The summed E-state index contributed by atoms with van der Waals surface area (Å²) >= 11 is 0. The molecule has 57 heavy (non-hydrogen) atoms. The maximum atomic E-state index is 13.5. The molecule has 0 bridgehead atoms. The van der Waals surface area contributed by atoms with Gasteiger partial charge in [-0.3, -0.25) is 43.8 Å². The van der Waals surface area contributed by atoms with E-state index in [4.69, 9.17) is 9.84 Å². The van der Waals surface area contributed by atoms with Gasteiger partial charge in [0, 0.05) is 67.6 Å². The summed E-state index contributed by atoms with van der Waals surface area (Å²) in [5.41, 5.74) is 3.25. The Hall–Kier alpha value is -5.90. The number of anilines is 2. The third kappa shape index (κ3) is 6.54. The summed E-state index contributed by atoms with van der Waals surface area (Å²) < 4.78 is 10.0. The van der Waals surface area contributed by atoms with E-state index >= 15 is 0 Å². The van der Waals surface area contributed by atoms with Crippen molar-refractivity contribution in [1.82, 2.24) is 34.7 Å². The second-order valence-corrected chi connectivity index (χ2v) is 16.2. The Labute approximate surface area is 329 Å². The number of rotatable bonds is 9. The molecule has 0 radical (unpaired) electrons. The summed E-state index contributed by atoms with van der Waals surface area (Å²) in [6.07, 6.45) is 10.4. The first-order valence-corrected chi connectivity index (χ1v) is 19.9. The molecule has 2 saturated heterocycles. The highest BCUT2D eigenvalue weighted by atomic mass is 16.5. The molecule has 1 aliphatic carbocycles. The molecule has 4 aliphatic heterocycles. The van der Waals surface area contributed by atoms with Crippen LogP contribution in [0.15, 0.2) is 47.7 Å². The molecular formula is C41H46N10O6. The SMILES string of the molecule is CC(C)Oc1cc2nn(C3CCC(N(C)C4CN(c5ccc6c(c5)C(=O)N(C5CCC(=O)NC5=O)C6=O)C4)CC3)cc2cc1NC(=O)c1cnn2c1N=CCC2C. The van der Waals surface area contributed by atoms with E-state index in [1.54, 1.807) is 23.0 Å². The van der Waals surface area contributed by atoms with Crippen LogP contribution in [0.5, 0.6) is 5.75 Å². The number of hydrogen-bond donors (Lipinski definition) is 2. The Kier molecular flexibility index (Phi) is 9.17. The Morgan fingerprint density at radius 1 is 0.982 bits per heavy atom. The molecule has 2 aromatic carbocycles. The molecule has 2 atom stereocenters. The molecule has 4 aromatic rings. The summed E-state index contributed by atoms with van der Waals surface area (Å²) in [6.45, 7) is 7.55. The van der Waals surface area contributed by atoms with Gasteiger partial charge in [-0.2, -0.15) is 10.2 Å². The molecule has 5 aliphatic rings.